The van der Waals surface area contributed by atoms with Crippen LogP contribution in [0.25, 0.3) is 6.08 Å². The van der Waals surface area contributed by atoms with E-state index in [0.29, 0.717) is 10.0 Å². The third-order valence-corrected chi connectivity index (χ3v) is 4.66. The topological polar surface area (TPSA) is 140 Å². The summed E-state index contributed by atoms with van der Waals surface area (Å²) in [6.45, 7) is 1.69. The summed E-state index contributed by atoms with van der Waals surface area (Å²) in [5.41, 5.74) is 10.3. The molecule has 1 heterocycles. The number of fused-ring (bicyclic) bond motifs is 1. The van der Waals surface area contributed by atoms with Gasteiger partial charge in [-0.3, -0.25) is 9.79 Å². The van der Waals surface area contributed by atoms with Crippen LogP contribution in [0.4, 0.5) is 13.2 Å². The maximum absolute atomic E-state index is 13.6. The minimum absolute atomic E-state index is 0.00379. The molecule has 1 aromatic rings. The molecule has 12 heteroatoms. The molecule has 30 heavy (non-hydrogen) atoms. The zero-order chi connectivity index (χ0) is 22.6. The van der Waals surface area contributed by atoms with Crippen molar-refractivity contribution in [3.63, 3.8) is 0 Å². The summed E-state index contributed by atoms with van der Waals surface area (Å²) in [6.07, 6.45) is -6.23. The molecule has 0 saturated carbocycles. The van der Waals surface area contributed by atoms with Crippen molar-refractivity contribution in [2.24, 2.45) is 16.5 Å². The Morgan fingerprint density at radius 3 is 2.60 bits per heavy atom. The molecule has 0 aromatic heterocycles. The number of carboxylic acid groups (broad SMARTS) is 1. The van der Waals surface area contributed by atoms with Gasteiger partial charge in [0.05, 0.1) is 5.57 Å². The summed E-state index contributed by atoms with van der Waals surface area (Å²) >= 11 is 3.24. The number of hydrogen-bond acceptors (Lipinski definition) is 4. The van der Waals surface area contributed by atoms with Crippen molar-refractivity contribution in [3.8, 4) is 5.75 Å². The Bertz CT molecular complexity index is 898. The molecule has 164 valence electrons. The van der Waals surface area contributed by atoms with Crippen molar-refractivity contribution in [2.75, 3.05) is 6.54 Å². The van der Waals surface area contributed by atoms with Gasteiger partial charge in [-0.1, -0.05) is 15.9 Å². The number of alkyl halides is 3. The number of carbonyl (C=O) groups excluding carboxylic acids is 1. The number of carbonyl (C=O) groups is 2. The van der Waals surface area contributed by atoms with E-state index in [1.807, 2.05) is 0 Å². The number of aryl methyl sites for hydroxylation is 1. The van der Waals surface area contributed by atoms with Gasteiger partial charge in [0.2, 0.25) is 6.10 Å². The van der Waals surface area contributed by atoms with Crippen LogP contribution in [-0.2, 0) is 9.59 Å². The van der Waals surface area contributed by atoms with Gasteiger partial charge in [0, 0.05) is 16.6 Å². The van der Waals surface area contributed by atoms with E-state index < -0.39 is 35.8 Å². The van der Waals surface area contributed by atoms with Gasteiger partial charge < -0.3 is 26.6 Å². The first-order valence-electron chi connectivity index (χ1n) is 8.74. The van der Waals surface area contributed by atoms with Gasteiger partial charge in [0.25, 0.3) is 5.91 Å². The van der Waals surface area contributed by atoms with Gasteiger partial charge >= 0.3 is 12.1 Å². The van der Waals surface area contributed by atoms with Gasteiger partial charge in [-0.2, -0.15) is 13.2 Å². The Labute approximate surface area is 178 Å². The molecule has 1 aliphatic rings. The summed E-state index contributed by atoms with van der Waals surface area (Å²) < 4.78 is 46.4. The number of amides is 1. The Hall–Kier alpha value is -2.76. The molecule has 1 aromatic carbocycles. The van der Waals surface area contributed by atoms with Gasteiger partial charge in [-0.05, 0) is 43.5 Å². The number of aliphatic carboxylic acids is 1. The van der Waals surface area contributed by atoms with E-state index in [9.17, 15) is 27.9 Å². The highest BCUT2D eigenvalue weighted by molar-refractivity contribution is 9.10. The summed E-state index contributed by atoms with van der Waals surface area (Å²) in [7, 11) is 0. The van der Waals surface area contributed by atoms with Crippen molar-refractivity contribution >= 4 is 39.8 Å². The Morgan fingerprint density at radius 2 is 2.03 bits per heavy atom. The van der Waals surface area contributed by atoms with Crippen LogP contribution in [0.3, 0.4) is 0 Å². The number of ether oxygens (including phenoxy) is 1. The molecular weight excluding hydrogens is 473 g/mol. The number of halogens is 4. The molecule has 0 bridgehead atoms. The summed E-state index contributed by atoms with van der Waals surface area (Å²) in [6, 6.07) is 1.67. The molecular formula is C18H20BrF3N4O4. The SMILES string of the molecule is Cc1cc(Br)cc2c1O[C@H](C(F)(F)F)C(C(=O)NC(CCCN=C(N)N)C(=O)O)=C2. The summed E-state index contributed by atoms with van der Waals surface area (Å²) in [5, 5.41) is 11.4. The summed E-state index contributed by atoms with van der Waals surface area (Å²) in [4.78, 5) is 27.7. The third-order valence-electron chi connectivity index (χ3n) is 4.21. The minimum Gasteiger partial charge on any atom is -0.480 e. The monoisotopic (exact) mass is 492 g/mol. The van der Waals surface area contributed by atoms with E-state index in [0.717, 1.165) is 6.08 Å². The van der Waals surface area contributed by atoms with E-state index in [2.05, 4.69) is 26.2 Å². The molecule has 0 saturated heterocycles. The largest absolute Gasteiger partial charge is 0.480 e. The van der Waals surface area contributed by atoms with Crippen LogP contribution >= 0.6 is 15.9 Å². The van der Waals surface area contributed by atoms with Crippen LogP contribution < -0.4 is 21.5 Å². The fourth-order valence-corrected chi connectivity index (χ4v) is 3.47. The van der Waals surface area contributed by atoms with Gasteiger partial charge in [-0.25, -0.2) is 4.79 Å². The number of nitrogens with two attached hydrogens (primary N) is 2. The molecule has 1 aliphatic heterocycles. The minimum atomic E-state index is -4.88. The first-order valence-corrected chi connectivity index (χ1v) is 9.53. The maximum Gasteiger partial charge on any atom is 0.429 e. The number of nitrogens with one attached hydrogen (secondary N) is 1. The molecule has 0 spiro atoms. The molecule has 0 aliphatic carbocycles. The smallest absolute Gasteiger partial charge is 0.429 e. The van der Waals surface area contributed by atoms with Crippen LogP contribution in [-0.4, -0.2) is 47.8 Å². The average molecular weight is 493 g/mol. The molecule has 0 fully saturated rings. The lowest BCUT2D eigenvalue weighted by molar-refractivity contribution is -0.185. The quantitative estimate of drug-likeness (QED) is 0.261. The van der Waals surface area contributed by atoms with Crippen LogP contribution in [0.5, 0.6) is 5.75 Å². The molecule has 6 N–H and O–H groups in total. The van der Waals surface area contributed by atoms with E-state index >= 15 is 0 Å². The highest BCUT2D eigenvalue weighted by Crippen LogP contribution is 2.40. The van der Waals surface area contributed by atoms with Crippen LogP contribution in [0.2, 0.25) is 0 Å². The van der Waals surface area contributed by atoms with Crippen LogP contribution in [0, 0.1) is 6.92 Å². The van der Waals surface area contributed by atoms with Crippen molar-refractivity contribution in [2.45, 2.75) is 38.1 Å². The Balaban J connectivity index is 2.29. The number of aliphatic imine (C=N–C) groups is 1. The predicted octanol–water partition coefficient (Wildman–Crippen LogP) is 2.09. The van der Waals surface area contributed by atoms with E-state index in [4.69, 9.17) is 16.2 Å². The average Bonchev–Trinajstić information content (AvgIpc) is 2.61. The molecule has 8 nitrogen and oxygen atoms in total. The second kappa shape index (κ2) is 9.37. The Kier molecular flexibility index (Phi) is 7.34. The molecule has 1 unspecified atom stereocenters. The van der Waals surface area contributed by atoms with Crippen molar-refractivity contribution in [3.05, 3.63) is 33.3 Å². The lowest BCUT2D eigenvalue weighted by atomic mass is 9.98. The third kappa shape index (κ3) is 5.88. The van der Waals surface area contributed by atoms with Gasteiger partial charge in [-0.15, -0.1) is 0 Å². The fourth-order valence-electron chi connectivity index (χ4n) is 2.88. The highest BCUT2D eigenvalue weighted by atomic mass is 79.9. The number of carboxylic acids is 1. The lowest BCUT2D eigenvalue weighted by Gasteiger charge is -2.30. The molecule has 1 amide bonds. The van der Waals surface area contributed by atoms with Crippen molar-refractivity contribution in [1.29, 1.82) is 0 Å². The molecule has 2 rings (SSSR count). The van der Waals surface area contributed by atoms with E-state index in [1.54, 1.807) is 13.0 Å². The number of benzene rings is 1. The van der Waals surface area contributed by atoms with Crippen molar-refractivity contribution in [1.82, 2.24) is 5.32 Å². The first-order chi connectivity index (χ1) is 13.9. The number of rotatable bonds is 7. The maximum atomic E-state index is 13.6. The van der Waals surface area contributed by atoms with Crippen molar-refractivity contribution < 1.29 is 32.6 Å². The highest BCUT2D eigenvalue weighted by Gasteiger charge is 2.48. The fraction of sp³-hybridized carbons (Fsp3) is 0.389. The first kappa shape index (κ1) is 23.5. The standard InChI is InChI=1S/C18H20BrF3N4O4/c1-8-5-10(19)6-9-7-11(14(18(20,21)22)30-13(8)9)15(27)26-12(16(28)29)3-2-4-25-17(23)24/h5-7,12,14H,2-4H2,1H3,(H,26,27)(H,28,29)(H4,23,24,25)/t12?,14-/m0/s1. The van der Waals surface area contributed by atoms with Gasteiger partial charge in [0.1, 0.15) is 11.8 Å². The van der Waals surface area contributed by atoms with E-state index in [-0.39, 0.29) is 36.7 Å². The van der Waals surface area contributed by atoms with Crippen LogP contribution in [0.1, 0.15) is 24.0 Å². The zero-order valence-electron chi connectivity index (χ0n) is 15.8. The zero-order valence-corrected chi connectivity index (χ0v) is 17.4. The molecule has 0 radical (unpaired) electrons. The normalized spacial score (nSPS) is 16.6. The molecule has 2 atom stereocenters. The second-order valence-electron chi connectivity index (χ2n) is 6.59. The predicted molar refractivity (Wildman–Crippen MR) is 107 cm³/mol. The number of hydrogen-bond donors (Lipinski definition) is 4. The number of nitrogens with zero attached hydrogens (tertiary/aromatic N) is 1. The van der Waals surface area contributed by atoms with E-state index in [1.165, 1.54) is 6.07 Å². The lowest BCUT2D eigenvalue weighted by Crippen LogP contribution is -2.47. The Morgan fingerprint density at radius 1 is 1.37 bits per heavy atom. The van der Waals surface area contributed by atoms with Crippen LogP contribution in [0.15, 0.2) is 27.2 Å². The number of guanidine groups is 1. The summed E-state index contributed by atoms with van der Waals surface area (Å²) in [5.74, 6) is -2.75. The van der Waals surface area contributed by atoms with Gasteiger partial charge in [0.15, 0.2) is 5.96 Å². The second-order valence-corrected chi connectivity index (χ2v) is 7.51.